The molecule has 0 aromatic heterocycles. The van der Waals surface area contributed by atoms with Crippen LogP contribution in [0.1, 0.15) is 36.8 Å². The molecule has 34 heavy (non-hydrogen) atoms. The second-order valence-corrected chi connectivity index (χ2v) is 9.65. The number of carbonyl (C=O) groups is 2. The van der Waals surface area contributed by atoms with E-state index in [-0.39, 0.29) is 23.7 Å². The van der Waals surface area contributed by atoms with Crippen molar-refractivity contribution >= 4 is 23.4 Å². The Bertz CT molecular complexity index is 1080. The first-order valence-corrected chi connectivity index (χ1v) is 12.3. The predicted molar refractivity (Wildman–Crippen MR) is 133 cm³/mol. The molecule has 0 radical (unpaired) electrons. The van der Waals surface area contributed by atoms with Crippen LogP contribution in [-0.2, 0) is 21.4 Å². The lowest BCUT2D eigenvalue weighted by Gasteiger charge is -2.40. The largest absolute Gasteiger partial charge is 0.355 e. The van der Waals surface area contributed by atoms with Crippen LogP contribution in [0.5, 0.6) is 0 Å². The fourth-order valence-corrected chi connectivity index (χ4v) is 5.31. The average Bonchev–Trinajstić information content (AvgIpc) is 2.89. The Morgan fingerprint density at radius 2 is 1.74 bits per heavy atom. The van der Waals surface area contributed by atoms with Gasteiger partial charge >= 0.3 is 0 Å². The molecule has 1 fully saturated rings. The first-order chi connectivity index (χ1) is 16.5. The molecule has 2 aliphatic rings. The van der Waals surface area contributed by atoms with E-state index in [0.717, 1.165) is 11.1 Å². The number of benzene rings is 2. The van der Waals surface area contributed by atoms with Gasteiger partial charge < -0.3 is 10.2 Å². The number of hydrogen-bond donors (Lipinski definition) is 1. The Morgan fingerprint density at radius 1 is 1.03 bits per heavy atom. The number of nitrogens with one attached hydrogen (secondary N) is 1. The zero-order valence-electron chi connectivity index (χ0n) is 19.3. The summed E-state index contributed by atoms with van der Waals surface area (Å²) in [5.74, 6) is -0.771. The molecule has 4 rings (SSSR count). The van der Waals surface area contributed by atoms with Gasteiger partial charge in [0.15, 0.2) is 0 Å². The Balaban J connectivity index is 1.36. The molecule has 2 unspecified atom stereocenters. The van der Waals surface area contributed by atoms with Crippen molar-refractivity contribution in [2.45, 2.75) is 37.5 Å². The van der Waals surface area contributed by atoms with Gasteiger partial charge in [-0.1, -0.05) is 66.2 Å². The molecule has 1 N–H and O–H groups in total. The van der Waals surface area contributed by atoms with Crippen LogP contribution in [0, 0.1) is 23.2 Å². The van der Waals surface area contributed by atoms with Crippen LogP contribution in [0.3, 0.4) is 0 Å². The van der Waals surface area contributed by atoms with Crippen molar-refractivity contribution < 1.29 is 9.59 Å². The quantitative estimate of drug-likeness (QED) is 0.617. The lowest BCUT2D eigenvalue weighted by atomic mass is 9.73. The summed E-state index contributed by atoms with van der Waals surface area (Å²) in [4.78, 5) is 28.3. The van der Waals surface area contributed by atoms with Crippen molar-refractivity contribution in [2.75, 3.05) is 19.6 Å². The van der Waals surface area contributed by atoms with Gasteiger partial charge in [-0.2, -0.15) is 5.26 Å². The number of carbonyl (C=O) groups excluding carboxylic acids is 2. The lowest BCUT2D eigenvalue weighted by molar-refractivity contribution is -0.143. The van der Waals surface area contributed by atoms with Crippen LogP contribution in [0.15, 0.2) is 66.7 Å². The third-order valence-electron chi connectivity index (χ3n) is 7.16. The van der Waals surface area contributed by atoms with Gasteiger partial charge in [-0.15, -0.1) is 0 Å². The van der Waals surface area contributed by atoms with Crippen molar-refractivity contribution in [1.29, 1.82) is 5.26 Å². The summed E-state index contributed by atoms with van der Waals surface area (Å²) in [6.07, 6.45) is 7.05. The van der Waals surface area contributed by atoms with Gasteiger partial charge in [0.05, 0.1) is 23.3 Å². The van der Waals surface area contributed by atoms with Crippen molar-refractivity contribution in [2.24, 2.45) is 11.8 Å². The molecule has 0 spiro atoms. The summed E-state index contributed by atoms with van der Waals surface area (Å²) in [6.45, 7) is 1.57. The van der Waals surface area contributed by atoms with Crippen molar-refractivity contribution in [3.8, 4) is 6.07 Å². The highest BCUT2D eigenvalue weighted by Gasteiger charge is 2.41. The third-order valence-corrected chi connectivity index (χ3v) is 7.39. The zero-order chi connectivity index (χ0) is 24.0. The Labute approximate surface area is 206 Å². The molecule has 1 saturated heterocycles. The summed E-state index contributed by atoms with van der Waals surface area (Å²) in [5, 5.41) is 13.6. The second kappa shape index (κ2) is 10.9. The molecule has 2 aromatic carbocycles. The fraction of sp³-hybridized carbons (Fsp3) is 0.393. The van der Waals surface area contributed by atoms with E-state index in [2.05, 4.69) is 11.4 Å². The number of piperidine rings is 1. The molecule has 5 nitrogen and oxygen atoms in total. The van der Waals surface area contributed by atoms with E-state index in [4.69, 9.17) is 11.6 Å². The summed E-state index contributed by atoms with van der Waals surface area (Å²) in [7, 11) is 0. The van der Waals surface area contributed by atoms with Crippen molar-refractivity contribution in [3.63, 3.8) is 0 Å². The second-order valence-electron chi connectivity index (χ2n) is 9.21. The Hall–Kier alpha value is -3.10. The number of likely N-dealkylation sites (tertiary alicyclic amines) is 1. The zero-order valence-corrected chi connectivity index (χ0v) is 20.0. The molecule has 2 atom stereocenters. The van der Waals surface area contributed by atoms with E-state index >= 15 is 0 Å². The Kier molecular flexibility index (Phi) is 7.70. The van der Waals surface area contributed by atoms with Gasteiger partial charge in [-0.05, 0) is 55.4 Å². The normalized spacial score (nSPS) is 21.5. The van der Waals surface area contributed by atoms with Crippen LogP contribution < -0.4 is 5.32 Å². The van der Waals surface area contributed by atoms with Crippen molar-refractivity contribution in [3.05, 3.63) is 82.9 Å². The number of amides is 2. The summed E-state index contributed by atoms with van der Waals surface area (Å²) in [6, 6.07) is 20.0. The monoisotopic (exact) mass is 475 g/mol. The predicted octanol–water partition coefficient (Wildman–Crippen LogP) is 4.67. The van der Waals surface area contributed by atoms with E-state index in [9.17, 15) is 14.9 Å². The minimum atomic E-state index is -0.554. The van der Waals surface area contributed by atoms with Gasteiger partial charge in [-0.25, -0.2) is 0 Å². The maximum Gasteiger partial charge on any atom is 0.226 e. The minimum absolute atomic E-state index is 0.0268. The van der Waals surface area contributed by atoms with Gasteiger partial charge in [0.1, 0.15) is 0 Å². The van der Waals surface area contributed by atoms with Gasteiger partial charge in [0.2, 0.25) is 11.8 Å². The highest BCUT2D eigenvalue weighted by Crippen LogP contribution is 2.36. The molecular formula is C28H30ClN3O2. The van der Waals surface area contributed by atoms with E-state index in [1.165, 1.54) is 0 Å². The molecule has 0 saturated carbocycles. The maximum absolute atomic E-state index is 13.5. The molecule has 1 aliphatic heterocycles. The van der Waals surface area contributed by atoms with Crippen LogP contribution in [-0.4, -0.2) is 36.3 Å². The van der Waals surface area contributed by atoms with E-state index in [0.29, 0.717) is 56.8 Å². The highest BCUT2D eigenvalue weighted by atomic mass is 35.5. The van der Waals surface area contributed by atoms with Crippen LogP contribution in [0.4, 0.5) is 0 Å². The average molecular weight is 476 g/mol. The standard InChI is InChI=1S/C28H30ClN3O2/c29-23-10-6-7-21(19-23)13-16-31-26(33)24-11-4-5-12-25(24)27(34)32-17-14-28(20-30,15-18-32)22-8-2-1-3-9-22/h1-10,19,24-25H,11-18H2,(H,31,33). The summed E-state index contributed by atoms with van der Waals surface area (Å²) >= 11 is 6.04. The SMILES string of the molecule is N#CC1(c2ccccc2)CCN(C(=O)C2CC=CCC2C(=O)NCCc2cccc(Cl)c2)CC1. The summed E-state index contributed by atoms with van der Waals surface area (Å²) < 4.78 is 0. The number of nitrogens with zero attached hydrogens (tertiary/aromatic N) is 2. The van der Waals surface area contributed by atoms with Crippen LogP contribution in [0.25, 0.3) is 0 Å². The smallest absolute Gasteiger partial charge is 0.226 e. The third kappa shape index (κ3) is 5.34. The minimum Gasteiger partial charge on any atom is -0.355 e. The molecule has 1 aliphatic carbocycles. The lowest BCUT2D eigenvalue weighted by Crippen LogP contribution is -2.49. The van der Waals surface area contributed by atoms with Gasteiger partial charge in [-0.3, -0.25) is 9.59 Å². The highest BCUT2D eigenvalue weighted by molar-refractivity contribution is 6.30. The molecule has 176 valence electrons. The molecule has 6 heteroatoms. The Morgan fingerprint density at radius 3 is 2.41 bits per heavy atom. The molecular weight excluding hydrogens is 446 g/mol. The molecule has 0 bridgehead atoms. The van der Waals surface area contributed by atoms with Gasteiger partial charge in [0, 0.05) is 24.7 Å². The number of hydrogen-bond acceptors (Lipinski definition) is 3. The molecule has 2 aromatic rings. The van der Waals surface area contributed by atoms with Crippen LogP contribution in [0.2, 0.25) is 5.02 Å². The van der Waals surface area contributed by atoms with Crippen molar-refractivity contribution in [1.82, 2.24) is 10.2 Å². The van der Waals surface area contributed by atoms with E-state index in [1.807, 2.05) is 71.6 Å². The van der Waals surface area contributed by atoms with E-state index < -0.39 is 5.41 Å². The van der Waals surface area contributed by atoms with Crippen LogP contribution >= 0.6 is 11.6 Å². The van der Waals surface area contributed by atoms with Gasteiger partial charge in [0.25, 0.3) is 0 Å². The first kappa shape index (κ1) is 24.0. The fourth-order valence-electron chi connectivity index (χ4n) is 5.10. The van der Waals surface area contributed by atoms with E-state index in [1.54, 1.807) is 0 Å². The first-order valence-electron chi connectivity index (χ1n) is 12.0. The number of nitriles is 1. The number of allylic oxidation sites excluding steroid dienone is 2. The topological polar surface area (TPSA) is 73.2 Å². The summed E-state index contributed by atoms with van der Waals surface area (Å²) in [5.41, 5.74) is 1.53. The number of rotatable bonds is 6. The molecule has 2 amide bonds. The number of halogens is 1. The molecule has 1 heterocycles. The maximum atomic E-state index is 13.5.